The van der Waals surface area contributed by atoms with Crippen LogP contribution in [-0.4, -0.2) is 24.1 Å². The van der Waals surface area contributed by atoms with Crippen molar-refractivity contribution in [1.82, 2.24) is 0 Å². The van der Waals surface area contributed by atoms with Crippen LogP contribution in [0.2, 0.25) is 0 Å². The zero-order valence-electron chi connectivity index (χ0n) is 17.5. The number of Topliss-reactive ketones (excluding diaryl/α,β-unsaturated/α-hetero) is 2. The molecule has 4 nitrogen and oxygen atoms in total. The van der Waals surface area contributed by atoms with E-state index in [1.54, 1.807) is 0 Å². The Morgan fingerprint density at radius 1 is 0.893 bits per heavy atom. The molecule has 4 unspecified atom stereocenters. The minimum Gasteiger partial charge on any atom is -0.466 e. The fraction of sp³-hybridized carbons (Fsp3) is 0.708. The van der Waals surface area contributed by atoms with Crippen LogP contribution in [0, 0.1) is 23.7 Å². The fourth-order valence-electron chi connectivity index (χ4n) is 4.61. The van der Waals surface area contributed by atoms with Gasteiger partial charge in [-0.3, -0.25) is 14.4 Å². The number of carbonyl (C=O) groups excluding carboxylic acids is 3. The van der Waals surface area contributed by atoms with Crippen molar-refractivity contribution in [3.05, 3.63) is 24.3 Å². The van der Waals surface area contributed by atoms with E-state index in [0.29, 0.717) is 37.6 Å². The Balaban J connectivity index is 1.74. The van der Waals surface area contributed by atoms with Gasteiger partial charge in [0.2, 0.25) is 0 Å². The third-order valence-corrected chi connectivity index (χ3v) is 6.25. The summed E-state index contributed by atoms with van der Waals surface area (Å²) in [5.74, 6) is 0.927. The SMILES string of the molecule is CC/C=C\CC1C(=O)CCC1CCOC(=O)CC1CCC(=O)C1C/C=C\CC. The number of rotatable bonds is 11. The summed E-state index contributed by atoms with van der Waals surface area (Å²) < 4.78 is 5.49. The van der Waals surface area contributed by atoms with Crippen molar-refractivity contribution >= 4 is 17.5 Å². The minimum atomic E-state index is -0.198. The van der Waals surface area contributed by atoms with E-state index >= 15 is 0 Å². The van der Waals surface area contributed by atoms with Crippen LogP contribution in [0.5, 0.6) is 0 Å². The first-order valence-corrected chi connectivity index (χ1v) is 11.1. The molecular formula is C24H36O4. The molecule has 156 valence electrons. The largest absolute Gasteiger partial charge is 0.466 e. The highest BCUT2D eigenvalue weighted by molar-refractivity contribution is 5.85. The highest BCUT2D eigenvalue weighted by atomic mass is 16.5. The van der Waals surface area contributed by atoms with Crippen molar-refractivity contribution in [2.45, 2.75) is 78.1 Å². The second-order valence-corrected chi connectivity index (χ2v) is 8.19. The van der Waals surface area contributed by atoms with E-state index in [1.165, 1.54) is 0 Å². The third-order valence-electron chi connectivity index (χ3n) is 6.25. The number of ether oxygens (including phenoxy) is 1. The molecule has 0 radical (unpaired) electrons. The molecule has 2 rings (SSSR count). The van der Waals surface area contributed by atoms with Gasteiger partial charge in [-0.2, -0.15) is 0 Å². The van der Waals surface area contributed by atoms with Crippen molar-refractivity contribution in [3.8, 4) is 0 Å². The molecule has 0 spiro atoms. The molecule has 0 aliphatic heterocycles. The van der Waals surface area contributed by atoms with Gasteiger partial charge in [-0.1, -0.05) is 38.2 Å². The Morgan fingerprint density at radius 3 is 2.00 bits per heavy atom. The molecule has 0 heterocycles. The lowest BCUT2D eigenvalue weighted by molar-refractivity contribution is -0.145. The van der Waals surface area contributed by atoms with Crippen molar-refractivity contribution in [3.63, 3.8) is 0 Å². The maximum absolute atomic E-state index is 12.3. The standard InChI is InChI=1S/C24H36O4/c1-3-5-7-9-20-18(11-13-22(20)25)15-16-28-24(27)17-19-12-14-23(26)21(19)10-8-6-4-2/h5-8,18-21H,3-4,9-17H2,1-2H3/b7-5-,8-6-. The Bertz CT molecular complexity index is 589. The molecule has 28 heavy (non-hydrogen) atoms. The lowest BCUT2D eigenvalue weighted by atomic mass is 9.89. The first-order valence-electron chi connectivity index (χ1n) is 11.1. The monoisotopic (exact) mass is 388 g/mol. The summed E-state index contributed by atoms with van der Waals surface area (Å²) in [6.45, 7) is 4.54. The highest BCUT2D eigenvalue weighted by Gasteiger charge is 2.36. The Kier molecular flexibility index (Phi) is 9.66. The number of hydrogen-bond donors (Lipinski definition) is 0. The molecule has 2 aliphatic rings. The molecule has 0 N–H and O–H groups in total. The van der Waals surface area contributed by atoms with E-state index in [9.17, 15) is 14.4 Å². The van der Waals surface area contributed by atoms with Crippen LogP contribution in [0.15, 0.2) is 24.3 Å². The zero-order valence-corrected chi connectivity index (χ0v) is 17.5. The first-order chi connectivity index (χ1) is 13.6. The van der Waals surface area contributed by atoms with Crippen LogP contribution in [0.4, 0.5) is 0 Å². The second-order valence-electron chi connectivity index (χ2n) is 8.19. The van der Waals surface area contributed by atoms with Crippen LogP contribution in [0.25, 0.3) is 0 Å². The summed E-state index contributed by atoms with van der Waals surface area (Å²) in [6.07, 6.45) is 15.9. The average Bonchev–Trinajstić information content (AvgIpc) is 3.19. The molecule has 4 atom stereocenters. The number of hydrogen-bond acceptors (Lipinski definition) is 4. The molecule has 0 aromatic rings. The van der Waals surface area contributed by atoms with Crippen molar-refractivity contribution in [2.75, 3.05) is 6.61 Å². The summed E-state index contributed by atoms with van der Waals surface area (Å²) in [7, 11) is 0. The molecule has 2 aliphatic carbocycles. The van der Waals surface area contributed by atoms with Crippen molar-refractivity contribution in [2.24, 2.45) is 23.7 Å². The van der Waals surface area contributed by atoms with Gasteiger partial charge in [0.05, 0.1) is 6.61 Å². The van der Waals surface area contributed by atoms with Gasteiger partial charge in [-0.05, 0) is 56.8 Å². The predicted molar refractivity (Wildman–Crippen MR) is 111 cm³/mol. The zero-order chi connectivity index (χ0) is 20.4. The van der Waals surface area contributed by atoms with E-state index < -0.39 is 0 Å². The minimum absolute atomic E-state index is 0.0301. The lowest BCUT2D eigenvalue weighted by Gasteiger charge is -2.18. The van der Waals surface area contributed by atoms with Crippen LogP contribution >= 0.6 is 0 Å². The molecular weight excluding hydrogens is 352 g/mol. The maximum Gasteiger partial charge on any atom is 0.306 e. The van der Waals surface area contributed by atoms with E-state index in [-0.39, 0.29) is 29.5 Å². The average molecular weight is 389 g/mol. The van der Waals surface area contributed by atoms with Gasteiger partial charge in [-0.25, -0.2) is 0 Å². The van der Waals surface area contributed by atoms with Crippen LogP contribution < -0.4 is 0 Å². The third kappa shape index (κ3) is 6.72. The second kappa shape index (κ2) is 12.0. The molecule has 0 saturated heterocycles. The number of allylic oxidation sites excluding steroid dienone is 4. The van der Waals surface area contributed by atoms with Gasteiger partial charge >= 0.3 is 5.97 Å². The molecule has 0 amide bonds. The summed E-state index contributed by atoms with van der Waals surface area (Å²) >= 11 is 0. The molecule has 2 fully saturated rings. The van der Waals surface area contributed by atoms with Gasteiger partial charge < -0.3 is 4.74 Å². The molecule has 2 saturated carbocycles. The van der Waals surface area contributed by atoms with E-state index in [4.69, 9.17) is 4.74 Å². The van der Waals surface area contributed by atoms with Crippen molar-refractivity contribution < 1.29 is 19.1 Å². The van der Waals surface area contributed by atoms with Crippen molar-refractivity contribution in [1.29, 1.82) is 0 Å². The summed E-state index contributed by atoms with van der Waals surface area (Å²) in [4.78, 5) is 36.5. The number of ketones is 2. The normalized spacial score (nSPS) is 28.1. The highest BCUT2D eigenvalue weighted by Crippen LogP contribution is 2.35. The maximum atomic E-state index is 12.3. The predicted octanol–water partition coefficient (Wildman–Crippen LogP) is 5.21. The Hall–Kier alpha value is -1.71. The smallest absolute Gasteiger partial charge is 0.306 e. The van der Waals surface area contributed by atoms with Gasteiger partial charge in [0.1, 0.15) is 11.6 Å². The summed E-state index contributed by atoms with van der Waals surface area (Å²) in [5, 5.41) is 0. The van der Waals surface area contributed by atoms with Gasteiger partial charge in [0.15, 0.2) is 0 Å². The van der Waals surface area contributed by atoms with Crippen LogP contribution in [-0.2, 0) is 19.1 Å². The number of esters is 1. The molecule has 0 bridgehead atoms. The van der Waals surface area contributed by atoms with Gasteiger partial charge in [0, 0.05) is 31.1 Å². The molecule has 4 heteroatoms. The van der Waals surface area contributed by atoms with Crippen LogP contribution in [0.1, 0.15) is 78.1 Å². The Morgan fingerprint density at radius 2 is 1.43 bits per heavy atom. The molecule has 0 aromatic carbocycles. The quantitative estimate of drug-likeness (QED) is 0.360. The first kappa shape index (κ1) is 22.6. The topological polar surface area (TPSA) is 60.4 Å². The summed E-state index contributed by atoms with van der Waals surface area (Å²) in [6, 6.07) is 0. The van der Waals surface area contributed by atoms with Gasteiger partial charge in [-0.15, -0.1) is 0 Å². The van der Waals surface area contributed by atoms with Crippen LogP contribution in [0.3, 0.4) is 0 Å². The summed E-state index contributed by atoms with van der Waals surface area (Å²) in [5.41, 5.74) is 0. The number of carbonyl (C=O) groups is 3. The van der Waals surface area contributed by atoms with E-state index in [1.807, 2.05) is 0 Å². The van der Waals surface area contributed by atoms with E-state index in [0.717, 1.165) is 44.9 Å². The van der Waals surface area contributed by atoms with Gasteiger partial charge in [0.25, 0.3) is 0 Å². The lowest BCUT2D eigenvalue weighted by Crippen LogP contribution is -2.20. The van der Waals surface area contributed by atoms with E-state index in [2.05, 4.69) is 38.2 Å². The fourth-order valence-corrected chi connectivity index (χ4v) is 4.61. The Labute approximate surface area is 169 Å². The molecule has 0 aromatic heterocycles.